The number of hydroxylamine groups is 1. The molecule has 0 aliphatic heterocycles. The molecule has 2 aromatic carbocycles. The van der Waals surface area contributed by atoms with Gasteiger partial charge in [-0.2, -0.15) is 12.7 Å². The van der Waals surface area contributed by atoms with E-state index in [0.29, 0.717) is 4.47 Å². The summed E-state index contributed by atoms with van der Waals surface area (Å²) in [4.78, 5) is -0.168. The number of hydrogen-bond acceptors (Lipinski definition) is 5. The summed E-state index contributed by atoms with van der Waals surface area (Å²) in [7, 11) is -7.26. The van der Waals surface area contributed by atoms with Gasteiger partial charge in [0.15, 0.2) is 0 Å². The molecule has 2 rings (SSSR count). The van der Waals surface area contributed by atoms with E-state index in [-0.39, 0.29) is 9.79 Å². The summed E-state index contributed by atoms with van der Waals surface area (Å²) in [6.45, 7) is 3.63. The van der Waals surface area contributed by atoms with Gasteiger partial charge in [0.05, 0.1) is 9.79 Å². The Balaban J connectivity index is 2.28. The number of aryl methyl sites for hydroxylation is 2. The van der Waals surface area contributed by atoms with E-state index < -0.39 is 20.1 Å². The molecule has 8 heteroatoms. The van der Waals surface area contributed by atoms with Crippen LogP contribution in [0.2, 0.25) is 0 Å². The van der Waals surface area contributed by atoms with Gasteiger partial charge in [0.1, 0.15) is 0 Å². The summed E-state index contributed by atoms with van der Waals surface area (Å²) in [5.41, 5.74) is 1.77. The van der Waals surface area contributed by atoms with Crippen LogP contribution in [0.15, 0.2) is 58.3 Å². The van der Waals surface area contributed by atoms with Crippen molar-refractivity contribution in [1.29, 1.82) is 0 Å². The van der Waals surface area contributed by atoms with Crippen LogP contribution in [0.1, 0.15) is 11.1 Å². The second-order valence-corrected chi connectivity index (χ2v) is 8.53. The highest BCUT2D eigenvalue weighted by molar-refractivity contribution is 7.90. The van der Waals surface area contributed by atoms with Crippen LogP contribution < -0.4 is 0 Å². The lowest BCUT2D eigenvalue weighted by Gasteiger charge is -2.16. The van der Waals surface area contributed by atoms with Crippen molar-refractivity contribution in [1.82, 2.24) is 4.47 Å². The van der Waals surface area contributed by atoms with E-state index in [9.17, 15) is 16.8 Å². The molecule has 2 aromatic rings. The van der Waals surface area contributed by atoms with Gasteiger partial charge >= 0.3 is 10.1 Å². The van der Waals surface area contributed by atoms with E-state index >= 15 is 0 Å². The largest absolute Gasteiger partial charge is 0.314 e. The zero-order valence-corrected chi connectivity index (χ0v) is 14.6. The molecule has 0 radical (unpaired) electrons. The SMILES string of the molecule is Cc1ccc(S(=O)(=O)ON(C)S(=O)(=O)c2ccc(C)cc2)cc1. The van der Waals surface area contributed by atoms with E-state index in [4.69, 9.17) is 4.28 Å². The van der Waals surface area contributed by atoms with Crippen molar-refractivity contribution in [3.63, 3.8) is 0 Å². The van der Waals surface area contributed by atoms with Crippen LogP contribution in [0.25, 0.3) is 0 Å². The minimum absolute atomic E-state index is 0.0512. The summed E-state index contributed by atoms with van der Waals surface area (Å²) in [5.74, 6) is 0. The summed E-state index contributed by atoms with van der Waals surface area (Å²) >= 11 is 0. The van der Waals surface area contributed by atoms with Gasteiger partial charge in [0.25, 0.3) is 10.0 Å². The Kier molecular flexibility index (Phi) is 4.90. The predicted molar refractivity (Wildman–Crippen MR) is 85.6 cm³/mol. The Bertz CT molecular complexity index is 886. The van der Waals surface area contributed by atoms with Gasteiger partial charge in [-0.15, -0.1) is 0 Å². The van der Waals surface area contributed by atoms with Gasteiger partial charge in [-0.3, -0.25) is 0 Å². The first kappa shape index (κ1) is 17.6. The molecule has 0 aromatic heterocycles. The molecule has 0 saturated carbocycles. The van der Waals surface area contributed by atoms with E-state index in [1.807, 2.05) is 13.8 Å². The Labute approximate surface area is 136 Å². The molecular formula is C15H17NO5S2. The molecule has 0 fully saturated rings. The zero-order valence-electron chi connectivity index (χ0n) is 12.9. The first-order valence-corrected chi connectivity index (χ1v) is 9.54. The molecule has 0 heterocycles. The molecule has 0 saturated heterocycles. The summed E-state index contributed by atoms with van der Waals surface area (Å²) in [6, 6.07) is 11.9. The van der Waals surface area contributed by atoms with Crippen LogP contribution >= 0.6 is 0 Å². The summed E-state index contributed by atoms with van der Waals surface area (Å²) < 4.78 is 54.1. The average Bonchev–Trinajstić information content (AvgIpc) is 2.47. The van der Waals surface area contributed by atoms with E-state index in [1.165, 1.54) is 24.3 Å². The Morgan fingerprint density at radius 3 is 1.57 bits per heavy atom. The fourth-order valence-electron chi connectivity index (χ4n) is 1.78. The minimum atomic E-state index is -4.23. The van der Waals surface area contributed by atoms with Crippen LogP contribution in [0, 0.1) is 13.8 Å². The highest BCUT2D eigenvalue weighted by Crippen LogP contribution is 2.20. The third-order valence-electron chi connectivity index (χ3n) is 3.17. The molecule has 0 spiro atoms. The Hall–Kier alpha value is -1.74. The van der Waals surface area contributed by atoms with Crippen molar-refractivity contribution in [2.75, 3.05) is 7.05 Å². The first-order valence-electron chi connectivity index (χ1n) is 6.70. The molecule has 23 heavy (non-hydrogen) atoms. The first-order chi connectivity index (χ1) is 10.6. The quantitative estimate of drug-likeness (QED) is 0.769. The zero-order chi connectivity index (χ0) is 17.3. The third kappa shape index (κ3) is 3.97. The van der Waals surface area contributed by atoms with Crippen LogP contribution in [-0.4, -0.2) is 28.4 Å². The summed E-state index contributed by atoms with van der Waals surface area (Å²) in [6.07, 6.45) is 0. The highest BCUT2D eigenvalue weighted by Gasteiger charge is 2.28. The maximum Gasteiger partial charge on any atom is 0.314 e. The number of nitrogens with zero attached hydrogens (tertiary/aromatic N) is 1. The number of hydrogen-bond donors (Lipinski definition) is 0. The van der Waals surface area contributed by atoms with Gasteiger partial charge in [-0.1, -0.05) is 39.9 Å². The van der Waals surface area contributed by atoms with Crippen LogP contribution in [0.3, 0.4) is 0 Å². The van der Waals surface area contributed by atoms with Crippen LogP contribution in [0.4, 0.5) is 0 Å². The lowest BCUT2D eigenvalue weighted by molar-refractivity contribution is 0.0734. The van der Waals surface area contributed by atoms with Gasteiger partial charge < -0.3 is 0 Å². The maximum atomic E-state index is 12.3. The lowest BCUT2D eigenvalue weighted by atomic mass is 10.2. The second kappa shape index (κ2) is 6.40. The second-order valence-electron chi connectivity index (χ2n) is 5.07. The van der Waals surface area contributed by atoms with Gasteiger partial charge in [0, 0.05) is 7.05 Å². The maximum absolute atomic E-state index is 12.3. The van der Waals surface area contributed by atoms with Gasteiger partial charge in [-0.05, 0) is 38.1 Å². The van der Waals surface area contributed by atoms with Crippen LogP contribution in [-0.2, 0) is 24.4 Å². The summed E-state index contributed by atoms with van der Waals surface area (Å²) in [5, 5.41) is 0. The molecule has 0 unspecified atom stereocenters. The Morgan fingerprint density at radius 2 is 1.13 bits per heavy atom. The van der Waals surface area contributed by atoms with Crippen molar-refractivity contribution in [3.05, 3.63) is 59.7 Å². The standard InChI is InChI=1S/C15H17NO5S2/c1-12-4-8-14(9-5-12)22(17,18)16(3)21-23(19,20)15-10-6-13(2)7-11-15/h4-11H,1-3H3. The fourth-order valence-corrected chi connectivity index (χ4v) is 3.95. The Morgan fingerprint density at radius 1 is 0.739 bits per heavy atom. The van der Waals surface area contributed by atoms with Crippen molar-refractivity contribution in [2.45, 2.75) is 23.6 Å². The molecule has 0 bridgehead atoms. The normalized spacial score (nSPS) is 12.5. The van der Waals surface area contributed by atoms with E-state index in [1.54, 1.807) is 24.3 Å². The monoisotopic (exact) mass is 355 g/mol. The van der Waals surface area contributed by atoms with Gasteiger partial charge in [-0.25, -0.2) is 8.42 Å². The number of sulfonamides is 1. The average molecular weight is 355 g/mol. The molecule has 124 valence electrons. The van der Waals surface area contributed by atoms with Crippen LogP contribution in [0.5, 0.6) is 0 Å². The minimum Gasteiger partial charge on any atom is -0.205 e. The smallest absolute Gasteiger partial charge is 0.205 e. The van der Waals surface area contributed by atoms with E-state index in [0.717, 1.165) is 18.2 Å². The molecule has 0 amide bonds. The van der Waals surface area contributed by atoms with E-state index in [2.05, 4.69) is 0 Å². The van der Waals surface area contributed by atoms with Crippen molar-refractivity contribution < 1.29 is 21.1 Å². The molecular weight excluding hydrogens is 338 g/mol. The third-order valence-corrected chi connectivity index (χ3v) is 6.15. The lowest BCUT2D eigenvalue weighted by Crippen LogP contribution is -2.30. The van der Waals surface area contributed by atoms with Crippen molar-refractivity contribution in [2.24, 2.45) is 0 Å². The van der Waals surface area contributed by atoms with Crippen molar-refractivity contribution in [3.8, 4) is 0 Å². The fraction of sp³-hybridized carbons (Fsp3) is 0.200. The number of benzene rings is 2. The molecule has 0 aliphatic rings. The molecule has 0 atom stereocenters. The number of rotatable bonds is 5. The molecule has 6 nitrogen and oxygen atoms in total. The van der Waals surface area contributed by atoms with Gasteiger partial charge in [0.2, 0.25) is 0 Å². The topological polar surface area (TPSA) is 80.8 Å². The highest BCUT2D eigenvalue weighted by atomic mass is 32.2. The predicted octanol–water partition coefficient (Wildman–Crippen LogP) is 2.24. The molecule has 0 N–H and O–H groups in total. The molecule has 0 aliphatic carbocycles. The van der Waals surface area contributed by atoms with Crippen molar-refractivity contribution >= 4 is 20.1 Å².